The predicted octanol–water partition coefficient (Wildman–Crippen LogP) is 2.12. The highest BCUT2D eigenvalue weighted by Gasteiger charge is 2.01. The zero-order chi connectivity index (χ0) is 8.97. The maximum Gasteiger partial charge on any atom is 0.269 e. The lowest BCUT2D eigenvalue weighted by atomic mass is 10.2. The Morgan fingerprint density at radius 2 is 1.92 bits per heavy atom. The second-order valence-electron chi connectivity index (χ2n) is 2.16. The number of nitro benzene ring substituents is 1. The number of benzene rings is 1. The van der Waals surface area contributed by atoms with Crippen LogP contribution in [0.15, 0.2) is 30.5 Å². The molecular formula is C8H7NO3. The van der Waals surface area contributed by atoms with E-state index in [4.69, 9.17) is 5.11 Å². The molecule has 1 rings (SSSR count). The SMILES string of the molecule is O=[N+]([O-])c1ccc(/C=C/O)cc1. The zero-order valence-corrected chi connectivity index (χ0v) is 6.18. The fraction of sp³-hybridized carbons (Fsp3) is 0. The lowest BCUT2D eigenvalue weighted by Crippen LogP contribution is -1.86. The number of non-ortho nitro benzene ring substituents is 1. The first kappa shape index (κ1) is 8.26. The van der Waals surface area contributed by atoms with Gasteiger partial charge in [-0.15, -0.1) is 0 Å². The molecule has 0 radical (unpaired) electrons. The van der Waals surface area contributed by atoms with Crippen molar-refractivity contribution in [2.75, 3.05) is 0 Å². The molecule has 0 saturated heterocycles. The Bertz CT molecular complexity index is 303. The average molecular weight is 165 g/mol. The summed E-state index contributed by atoms with van der Waals surface area (Å²) in [5, 5.41) is 18.6. The van der Waals surface area contributed by atoms with Gasteiger partial charge in [-0.3, -0.25) is 10.1 Å². The van der Waals surface area contributed by atoms with Crippen molar-refractivity contribution in [1.29, 1.82) is 0 Å². The zero-order valence-electron chi connectivity index (χ0n) is 6.18. The molecule has 4 nitrogen and oxygen atoms in total. The van der Waals surface area contributed by atoms with E-state index in [1.807, 2.05) is 0 Å². The molecule has 0 amide bonds. The molecule has 0 aromatic heterocycles. The molecule has 0 unspecified atom stereocenters. The quantitative estimate of drug-likeness (QED) is 0.414. The maximum absolute atomic E-state index is 10.2. The summed E-state index contributed by atoms with van der Waals surface area (Å²) in [6.45, 7) is 0. The smallest absolute Gasteiger partial charge is 0.269 e. The summed E-state index contributed by atoms with van der Waals surface area (Å²) in [6.07, 6.45) is 2.34. The summed E-state index contributed by atoms with van der Waals surface area (Å²) < 4.78 is 0. The molecule has 1 aromatic rings. The Labute approximate surface area is 68.9 Å². The van der Waals surface area contributed by atoms with Crippen LogP contribution in [0.2, 0.25) is 0 Å². The van der Waals surface area contributed by atoms with Gasteiger partial charge < -0.3 is 5.11 Å². The van der Waals surface area contributed by atoms with Gasteiger partial charge in [-0.2, -0.15) is 0 Å². The fourth-order valence-corrected chi connectivity index (χ4v) is 0.793. The van der Waals surface area contributed by atoms with Crippen LogP contribution in [0.1, 0.15) is 5.56 Å². The predicted molar refractivity (Wildman–Crippen MR) is 44.8 cm³/mol. The molecule has 12 heavy (non-hydrogen) atoms. The van der Waals surface area contributed by atoms with Gasteiger partial charge in [0.25, 0.3) is 5.69 Å². The molecule has 0 atom stereocenters. The molecule has 4 heteroatoms. The van der Waals surface area contributed by atoms with E-state index in [0.717, 1.165) is 11.8 Å². The van der Waals surface area contributed by atoms with Gasteiger partial charge in [0.15, 0.2) is 0 Å². The van der Waals surface area contributed by atoms with Crippen LogP contribution < -0.4 is 0 Å². The molecule has 0 fully saturated rings. The van der Waals surface area contributed by atoms with Gasteiger partial charge in [0.2, 0.25) is 0 Å². The van der Waals surface area contributed by atoms with Crippen LogP contribution in [-0.4, -0.2) is 10.0 Å². The summed E-state index contributed by atoms with van der Waals surface area (Å²) in [4.78, 5) is 9.74. The molecule has 0 aliphatic rings. The third-order valence-electron chi connectivity index (χ3n) is 1.37. The van der Waals surface area contributed by atoms with Crippen molar-refractivity contribution >= 4 is 11.8 Å². The van der Waals surface area contributed by atoms with Gasteiger partial charge in [0, 0.05) is 12.1 Å². The first-order chi connectivity index (χ1) is 5.74. The third kappa shape index (κ3) is 1.82. The number of nitrogens with zero attached hydrogens (tertiary/aromatic N) is 1. The van der Waals surface area contributed by atoms with E-state index in [1.165, 1.54) is 18.2 Å². The van der Waals surface area contributed by atoms with Crippen molar-refractivity contribution < 1.29 is 10.0 Å². The number of aliphatic hydroxyl groups excluding tert-OH is 1. The Balaban J connectivity index is 2.93. The van der Waals surface area contributed by atoms with E-state index in [9.17, 15) is 10.1 Å². The first-order valence-electron chi connectivity index (χ1n) is 3.29. The van der Waals surface area contributed by atoms with E-state index < -0.39 is 4.92 Å². The van der Waals surface area contributed by atoms with Crippen LogP contribution in [0.3, 0.4) is 0 Å². The van der Waals surface area contributed by atoms with Crippen molar-refractivity contribution in [2.24, 2.45) is 0 Å². The number of nitro groups is 1. The third-order valence-corrected chi connectivity index (χ3v) is 1.37. The van der Waals surface area contributed by atoms with Crippen LogP contribution in [0.25, 0.3) is 6.08 Å². The minimum atomic E-state index is -0.466. The van der Waals surface area contributed by atoms with E-state index in [2.05, 4.69) is 0 Å². The number of rotatable bonds is 2. The van der Waals surface area contributed by atoms with Crippen LogP contribution >= 0.6 is 0 Å². The van der Waals surface area contributed by atoms with Gasteiger partial charge in [-0.05, 0) is 23.8 Å². The first-order valence-corrected chi connectivity index (χ1v) is 3.29. The van der Waals surface area contributed by atoms with Crippen LogP contribution in [-0.2, 0) is 0 Å². The summed E-state index contributed by atoms with van der Waals surface area (Å²) >= 11 is 0. The van der Waals surface area contributed by atoms with Crippen LogP contribution in [0, 0.1) is 10.1 Å². The Morgan fingerprint density at radius 3 is 2.33 bits per heavy atom. The molecule has 0 bridgehead atoms. The second-order valence-corrected chi connectivity index (χ2v) is 2.16. The summed E-state index contributed by atoms with van der Waals surface area (Å²) in [5.74, 6) is 0. The van der Waals surface area contributed by atoms with Crippen molar-refractivity contribution in [3.63, 3.8) is 0 Å². The molecule has 0 heterocycles. The van der Waals surface area contributed by atoms with Crippen LogP contribution in [0.4, 0.5) is 5.69 Å². The van der Waals surface area contributed by atoms with Gasteiger partial charge in [0.1, 0.15) is 0 Å². The molecule has 0 saturated carbocycles. The van der Waals surface area contributed by atoms with Gasteiger partial charge >= 0.3 is 0 Å². The molecule has 0 aliphatic carbocycles. The minimum absolute atomic E-state index is 0.0464. The standard InChI is InChI=1S/C8H7NO3/c10-6-5-7-1-3-8(4-2-7)9(11)12/h1-6,10H/b6-5+. The second kappa shape index (κ2) is 3.52. The molecular weight excluding hydrogens is 158 g/mol. The van der Waals surface area contributed by atoms with E-state index in [1.54, 1.807) is 12.1 Å². The molecule has 1 N–H and O–H groups in total. The Kier molecular flexibility index (Phi) is 2.42. The number of hydrogen-bond donors (Lipinski definition) is 1. The lowest BCUT2D eigenvalue weighted by Gasteiger charge is -1.91. The van der Waals surface area contributed by atoms with Gasteiger partial charge in [-0.1, -0.05) is 0 Å². The lowest BCUT2D eigenvalue weighted by molar-refractivity contribution is -0.384. The van der Waals surface area contributed by atoms with Gasteiger partial charge in [0.05, 0.1) is 11.2 Å². The summed E-state index contributed by atoms with van der Waals surface area (Å²) in [5.41, 5.74) is 0.771. The average Bonchev–Trinajstić information content (AvgIpc) is 2.06. The fourth-order valence-electron chi connectivity index (χ4n) is 0.793. The summed E-state index contributed by atoms with van der Waals surface area (Å²) in [7, 11) is 0. The number of aliphatic hydroxyl groups is 1. The highest BCUT2D eigenvalue weighted by Crippen LogP contribution is 2.12. The highest BCUT2D eigenvalue weighted by molar-refractivity contribution is 5.50. The minimum Gasteiger partial charge on any atom is -0.516 e. The van der Waals surface area contributed by atoms with Crippen LogP contribution in [0.5, 0.6) is 0 Å². The Morgan fingerprint density at radius 1 is 1.33 bits per heavy atom. The largest absolute Gasteiger partial charge is 0.516 e. The maximum atomic E-state index is 10.2. The van der Waals surface area contributed by atoms with Crippen molar-refractivity contribution in [3.05, 3.63) is 46.2 Å². The molecule has 0 spiro atoms. The van der Waals surface area contributed by atoms with Gasteiger partial charge in [-0.25, -0.2) is 0 Å². The van der Waals surface area contributed by atoms with E-state index >= 15 is 0 Å². The molecule has 62 valence electrons. The van der Waals surface area contributed by atoms with Crippen molar-refractivity contribution in [2.45, 2.75) is 0 Å². The van der Waals surface area contributed by atoms with E-state index in [-0.39, 0.29) is 5.69 Å². The molecule has 0 aliphatic heterocycles. The normalized spacial score (nSPS) is 10.3. The van der Waals surface area contributed by atoms with Crippen molar-refractivity contribution in [1.82, 2.24) is 0 Å². The number of hydrogen-bond acceptors (Lipinski definition) is 3. The van der Waals surface area contributed by atoms with Crippen molar-refractivity contribution in [3.8, 4) is 0 Å². The summed E-state index contributed by atoms with van der Waals surface area (Å²) in [6, 6.07) is 5.89. The van der Waals surface area contributed by atoms with E-state index in [0.29, 0.717) is 0 Å². The topological polar surface area (TPSA) is 63.4 Å². The monoisotopic (exact) mass is 165 g/mol. The molecule has 1 aromatic carbocycles. The Hall–Kier alpha value is -1.84. The highest BCUT2D eigenvalue weighted by atomic mass is 16.6.